The molecule has 2 nitrogen and oxygen atoms in total. The molecule has 2 N–H and O–H groups in total. The number of rotatable bonds is 6. The Hall–Kier alpha value is -1.64. The van der Waals surface area contributed by atoms with Gasteiger partial charge < -0.3 is 10.4 Å². The van der Waals surface area contributed by atoms with Crippen molar-refractivity contribution in [3.8, 4) is 11.1 Å². The molecule has 0 aliphatic carbocycles. The van der Waals surface area contributed by atoms with E-state index in [4.69, 9.17) is 0 Å². The molecule has 0 radical (unpaired) electrons. The quantitative estimate of drug-likeness (QED) is 0.841. The first-order valence-electron chi connectivity index (χ1n) is 7.20. The highest BCUT2D eigenvalue weighted by molar-refractivity contribution is 5.63. The van der Waals surface area contributed by atoms with Crippen LogP contribution in [-0.2, 0) is 6.54 Å². The number of hydrogen-bond donors (Lipinski definition) is 2. The summed E-state index contributed by atoms with van der Waals surface area (Å²) in [5.41, 5.74) is 3.71. The van der Waals surface area contributed by atoms with E-state index in [2.05, 4.69) is 53.8 Å². The number of aliphatic hydroxyl groups is 1. The van der Waals surface area contributed by atoms with Crippen LogP contribution in [0.15, 0.2) is 54.6 Å². The molecule has 2 aromatic carbocycles. The van der Waals surface area contributed by atoms with Crippen molar-refractivity contribution >= 4 is 0 Å². The molecule has 2 rings (SSSR count). The predicted octanol–water partition coefficient (Wildman–Crippen LogP) is 3.46. The minimum absolute atomic E-state index is 0.279. The molecule has 20 heavy (non-hydrogen) atoms. The molecule has 2 heteroatoms. The van der Waals surface area contributed by atoms with Gasteiger partial charge in [0.25, 0.3) is 0 Å². The molecule has 106 valence electrons. The summed E-state index contributed by atoms with van der Waals surface area (Å²) < 4.78 is 0. The van der Waals surface area contributed by atoms with Gasteiger partial charge in [0.15, 0.2) is 0 Å². The van der Waals surface area contributed by atoms with E-state index >= 15 is 0 Å². The van der Waals surface area contributed by atoms with Crippen LogP contribution >= 0.6 is 0 Å². The molecule has 0 fully saturated rings. The van der Waals surface area contributed by atoms with Crippen LogP contribution in [0.2, 0.25) is 0 Å². The molecule has 0 saturated carbocycles. The fourth-order valence-corrected chi connectivity index (χ4v) is 2.05. The van der Waals surface area contributed by atoms with Crippen molar-refractivity contribution in [2.24, 2.45) is 5.92 Å². The highest BCUT2D eigenvalue weighted by Crippen LogP contribution is 2.19. The Morgan fingerprint density at radius 1 is 0.900 bits per heavy atom. The summed E-state index contributed by atoms with van der Waals surface area (Å²) >= 11 is 0. The lowest BCUT2D eigenvalue weighted by molar-refractivity contribution is 0.123. The number of benzene rings is 2. The molecule has 0 heterocycles. The van der Waals surface area contributed by atoms with E-state index in [-0.39, 0.29) is 6.10 Å². The molecule has 1 unspecified atom stereocenters. The fourth-order valence-electron chi connectivity index (χ4n) is 2.05. The zero-order valence-corrected chi connectivity index (χ0v) is 12.2. The summed E-state index contributed by atoms with van der Waals surface area (Å²) in [5, 5.41) is 13.0. The Labute approximate surface area is 121 Å². The van der Waals surface area contributed by atoms with Crippen molar-refractivity contribution in [2.45, 2.75) is 26.5 Å². The van der Waals surface area contributed by atoms with Crippen LogP contribution < -0.4 is 5.32 Å². The molecule has 0 aliphatic rings. The van der Waals surface area contributed by atoms with Gasteiger partial charge in [0.1, 0.15) is 0 Å². The minimum atomic E-state index is -0.279. The zero-order chi connectivity index (χ0) is 14.4. The maximum absolute atomic E-state index is 9.73. The van der Waals surface area contributed by atoms with E-state index in [1.807, 2.05) is 19.9 Å². The lowest BCUT2D eigenvalue weighted by Gasteiger charge is -2.15. The van der Waals surface area contributed by atoms with E-state index in [0.29, 0.717) is 12.5 Å². The van der Waals surface area contributed by atoms with Gasteiger partial charge in [-0.2, -0.15) is 0 Å². The largest absolute Gasteiger partial charge is 0.392 e. The van der Waals surface area contributed by atoms with Crippen molar-refractivity contribution < 1.29 is 5.11 Å². The lowest BCUT2D eigenvalue weighted by atomic mass is 10.0. The van der Waals surface area contributed by atoms with E-state index in [9.17, 15) is 5.11 Å². The van der Waals surface area contributed by atoms with Gasteiger partial charge in [0.2, 0.25) is 0 Å². The lowest BCUT2D eigenvalue weighted by Crippen LogP contribution is -2.30. The first kappa shape index (κ1) is 14.8. The van der Waals surface area contributed by atoms with Gasteiger partial charge in [-0.25, -0.2) is 0 Å². The second-order valence-corrected chi connectivity index (χ2v) is 5.51. The Kier molecular flexibility index (Phi) is 5.33. The molecule has 0 aliphatic heterocycles. The highest BCUT2D eigenvalue weighted by atomic mass is 16.3. The average molecular weight is 269 g/mol. The molecule has 0 amide bonds. The maximum atomic E-state index is 9.73. The molecule has 2 aromatic rings. The van der Waals surface area contributed by atoms with Crippen LogP contribution in [0.25, 0.3) is 11.1 Å². The summed E-state index contributed by atoms with van der Waals surface area (Å²) in [5.74, 6) is 0.294. The molecule has 0 bridgehead atoms. The summed E-state index contributed by atoms with van der Waals surface area (Å²) in [6.45, 7) is 5.49. The van der Waals surface area contributed by atoms with Crippen LogP contribution in [0, 0.1) is 5.92 Å². The third-order valence-corrected chi connectivity index (χ3v) is 3.51. The fraction of sp³-hybridized carbons (Fsp3) is 0.333. The molecular weight excluding hydrogens is 246 g/mol. The van der Waals surface area contributed by atoms with Crippen molar-refractivity contribution in [3.63, 3.8) is 0 Å². The summed E-state index contributed by atoms with van der Waals surface area (Å²) in [7, 11) is 0. The molecule has 1 atom stereocenters. The molecular formula is C18H23NO. The van der Waals surface area contributed by atoms with E-state index in [0.717, 1.165) is 6.54 Å². The van der Waals surface area contributed by atoms with Crippen LogP contribution in [0.1, 0.15) is 19.4 Å². The van der Waals surface area contributed by atoms with Gasteiger partial charge in [-0.3, -0.25) is 0 Å². The normalized spacial score (nSPS) is 12.6. The SMILES string of the molecule is CC(C)C(O)CNCc1ccc(-c2ccccc2)cc1. The predicted molar refractivity (Wildman–Crippen MR) is 84.4 cm³/mol. The van der Waals surface area contributed by atoms with Crippen LogP contribution in [0.5, 0.6) is 0 Å². The smallest absolute Gasteiger partial charge is 0.0687 e. The summed E-state index contributed by atoms with van der Waals surface area (Å²) in [6, 6.07) is 18.9. The first-order valence-corrected chi connectivity index (χ1v) is 7.20. The first-order chi connectivity index (χ1) is 9.66. The maximum Gasteiger partial charge on any atom is 0.0687 e. The highest BCUT2D eigenvalue weighted by Gasteiger charge is 2.07. The second-order valence-electron chi connectivity index (χ2n) is 5.51. The van der Waals surface area contributed by atoms with E-state index in [1.54, 1.807) is 0 Å². The van der Waals surface area contributed by atoms with Gasteiger partial charge in [-0.05, 0) is 22.6 Å². The number of aliphatic hydroxyl groups excluding tert-OH is 1. The van der Waals surface area contributed by atoms with E-state index < -0.39 is 0 Å². The van der Waals surface area contributed by atoms with Crippen molar-refractivity contribution in [1.82, 2.24) is 5.32 Å². The van der Waals surface area contributed by atoms with Gasteiger partial charge >= 0.3 is 0 Å². The molecule has 0 spiro atoms. The molecule has 0 saturated heterocycles. The third-order valence-electron chi connectivity index (χ3n) is 3.51. The third kappa shape index (κ3) is 4.19. The average Bonchev–Trinajstić information content (AvgIpc) is 2.48. The Bertz CT molecular complexity index is 505. The van der Waals surface area contributed by atoms with Gasteiger partial charge in [0, 0.05) is 13.1 Å². The van der Waals surface area contributed by atoms with Gasteiger partial charge in [-0.15, -0.1) is 0 Å². The summed E-state index contributed by atoms with van der Waals surface area (Å²) in [6.07, 6.45) is -0.279. The minimum Gasteiger partial charge on any atom is -0.392 e. The Balaban J connectivity index is 1.89. The second kappa shape index (κ2) is 7.22. The van der Waals surface area contributed by atoms with E-state index in [1.165, 1.54) is 16.7 Å². The topological polar surface area (TPSA) is 32.3 Å². The van der Waals surface area contributed by atoms with Crippen LogP contribution in [0.3, 0.4) is 0 Å². The number of nitrogens with one attached hydrogen (secondary N) is 1. The Morgan fingerprint density at radius 3 is 2.10 bits per heavy atom. The van der Waals surface area contributed by atoms with Crippen molar-refractivity contribution in [1.29, 1.82) is 0 Å². The van der Waals surface area contributed by atoms with Crippen molar-refractivity contribution in [2.75, 3.05) is 6.54 Å². The van der Waals surface area contributed by atoms with Crippen LogP contribution in [-0.4, -0.2) is 17.8 Å². The van der Waals surface area contributed by atoms with Crippen molar-refractivity contribution in [3.05, 3.63) is 60.2 Å². The van der Waals surface area contributed by atoms with Gasteiger partial charge in [0.05, 0.1) is 6.10 Å². The summed E-state index contributed by atoms with van der Waals surface area (Å²) in [4.78, 5) is 0. The standard InChI is InChI=1S/C18H23NO/c1-14(2)18(20)13-19-12-15-8-10-17(11-9-15)16-6-4-3-5-7-16/h3-11,14,18-20H,12-13H2,1-2H3. The molecule has 0 aromatic heterocycles. The van der Waals surface area contributed by atoms with Crippen LogP contribution in [0.4, 0.5) is 0 Å². The zero-order valence-electron chi connectivity index (χ0n) is 12.2. The van der Waals surface area contributed by atoms with Gasteiger partial charge in [-0.1, -0.05) is 68.4 Å². The Morgan fingerprint density at radius 2 is 1.50 bits per heavy atom. The number of hydrogen-bond acceptors (Lipinski definition) is 2. The monoisotopic (exact) mass is 269 g/mol.